The van der Waals surface area contributed by atoms with Gasteiger partial charge in [0.1, 0.15) is 0 Å². The zero-order chi connectivity index (χ0) is 19.8. The van der Waals surface area contributed by atoms with Crippen molar-refractivity contribution in [3.63, 3.8) is 0 Å². The largest absolute Gasteiger partial charge is 0.352 e. The van der Waals surface area contributed by atoms with E-state index in [1.807, 2.05) is 48.5 Å². The zero-order valence-electron chi connectivity index (χ0n) is 15.2. The van der Waals surface area contributed by atoms with E-state index in [1.54, 1.807) is 18.3 Å². The van der Waals surface area contributed by atoms with Crippen molar-refractivity contribution in [1.82, 2.24) is 10.3 Å². The molecule has 28 heavy (non-hydrogen) atoms. The van der Waals surface area contributed by atoms with Gasteiger partial charge >= 0.3 is 0 Å². The normalized spacial score (nSPS) is 10.3. The third kappa shape index (κ3) is 5.76. The summed E-state index contributed by atoms with van der Waals surface area (Å²) < 4.78 is 1.01. The van der Waals surface area contributed by atoms with Gasteiger partial charge in [0.2, 0.25) is 5.91 Å². The van der Waals surface area contributed by atoms with Crippen LogP contribution in [0.25, 0.3) is 0 Å². The van der Waals surface area contributed by atoms with E-state index in [2.05, 4.69) is 31.5 Å². The number of nitrogens with one attached hydrogen (secondary N) is 2. The van der Waals surface area contributed by atoms with Gasteiger partial charge in [0, 0.05) is 35.5 Å². The molecule has 1 aromatic heterocycles. The molecule has 3 aromatic rings. The van der Waals surface area contributed by atoms with Gasteiger partial charge in [-0.3, -0.25) is 14.6 Å². The molecule has 0 aliphatic heterocycles. The Hall–Kier alpha value is -2.99. The molecule has 0 saturated heterocycles. The van der Waals surface area contributed by atoms with Crippen LogP contribution in [-0.4, -0.2) is 16.8 Å². The number of carbonyl (C=O) groups excluding carboxylic acids is 2. The number of anilines is 1. The first kappa shape index (κ1) is 19.8. The van der Waals surface area contributed by atoms with E-state index in [9.17, 15) is 9.59 Å². The Labute approximate surface area is 172 Å². The fourth-order valence-corrected chi connectivity index (χ4v) is 3.18. The molecule has 2 N–H and O–H groups in total. The molecule has 5 nitrogen and oxygen atoms in total. The molecule has 0 saturated carbocycles. The third-order valence-corrected chi connectivity index (χ3v) is 4.95. The Morgan fingerprint density at radius 1 is 1.00 bits per heavy atom. The maximum Gasteiger partial charge on any atom is 0.257 e. The maximum atomic E-state index is 12.2. The summed E-state index contributed by atoms with van der Waals surface area (Å²) in [5.74, 6) is -0.233. The molecule has 2 aromatic carbocycles. The van der Waals surface area contributed by atoms with Crippen LogP contribution < -0.4 is 10.6 Å². The lowest BCUT2D eigenvalue weighted by atomic mass is 10.1. The summed E-state index contributed by atoms with van der Waals surface area (Å²) in [7, 11) is 0. The molecule has 0 aliphatic carbocycles. The van der Waals surface area contributed by atoms with E-state index in [-0.39, 0.29) is 11.8 Å². The Morgan fingerprint density at radius 3 is 2.64 bits per heavy atom. The number of nitrogens with zero attached hydrogens (tertiary/aromatic N) is 1. The summed E-state index contributed by atoms with van der Waals surface area (Å²) in [6.07, 6.45) is 4.23. The number of aryl methyl sites for hydroxylation is 1. The summed E-state index contributed by atoms with van der Waals surface area (Å²) in [5, 5.41) is 5.77. The lowest BCUT2D eigenvalue weighted by Gasteiger charge is -2.09. The van der Waals surface area contributed by atoms with Gasteiger partial charge in [-0.05, 0) is 47.9 Å². The molecule has 0 aliphatic rings. The summed E-state index contributed by atoms with van der Waals surface area (Å²) in [6.45, 7) is 0.408. The zero-order valence-corrected chi connectivity index (χ0v) is 16.8. The first-order valence-corrected chi connectivity index (χ1v) is 9.71. The molecule has 0 fully saturated rings. The number of hydrogen-bond donors (Lipinski definition) is 2. The molecule has 3 rings (SSSR count). The van der Waals surface area contributed by atoms with Crippen LogP contribution in [0.5, 0.6) is 0 Å². The van der Waals surface area contributed by atoms with Crippen LogP contribution >= 0.6 is 15.9 Å². The van der Waals surface area contributed by atoms with E-state index < -0.39 is 0 Å². The van der Waals surface area contributed by atoms with E-state index in [4.69, 9.17) is 0 Å². The molecule has 0 unspecified atom stereocenters. The summed E-state index contributed by atoms with van der Waals surface area (Å²) >= 11 is 3.50. The quantitative estimate of drug-likeness (QED) is 0.577. The van der Waals surface area contributed by atoms with E-state index >= 15 is 0 Å². The fourth-order valence-electron chi connectivity index (χ4n) is 2.70. The molecule has 2 amide bonds. The van der Waals surface area contributed by atoms with Gasteiger partial charge in [0.05, 0.1) is 5.56 Å². The smallest absolute Gasteiger partial charge is 0.257 e. The molecule has 0 atom stereocenters. The van der Waals surface area contributed by atoms with Crippen LogP contribution in [-0.2, 0) is 17.8 Å². The average molecular weight is 438 g/mol. The fraction of sp³-hybridized carbons (Fsp3) is 0.136. The van der Waals surface area contributed by atoms with Gasteiger partial charge in [-0.15, -0.1) is 0 Å². The number of pyridine rings is 1. The van der Waals surface area contributed by atoms with Crippen molar-refractivity contribution < 1.29 is 9.59 Å². The van der Waals surface area contributed by atoms with Crippen LogP contribution in [0.15, 0.2) is 77.5 Å². The van der Waals surface area contributed by atoms with Crippen molar-refractivity contribution in [2.45, 2.75) is 19.4 Å². The third-order valence-electron chi connectivity index (χ3n) is 4.18. The highest BCUT2D eigenvalue weighted by Crippen LogP contribution is 2.17. The Kier molecular flexibility index (Phi) is 6.92. The monoisotopic (exact) mass is 437 g/mol. The Morgan fingerprint density at radius 2 is 1.86 bits per heavy atom. The van der Waals surface area contributed by atoms with Gasteiger partial charge in [0.15, 0.2) is 0 Å². The van der Waals surface area contributed by atoms with Crippen molar-refractivity contribution >= 4 is 33.4 Å². The van der Waals surface area contributed by atoms with E-state index in [1.165, 1.54) is 6.20 Å². The number of amides is 2. The number of benzene rings is 2. The van der Waals surface area contributed by atoms with Gasteiger partial charge < -0.3 is 10.6 Å². The van der Waals surface area contributed by atoms with E-state index in [0.717, 1.165) is 15.6 Å². The van der Waals surface area contributed by atoms with Crippen LogP contribution in [0, 0.1) is 0 Å². The molecule has 0 spiro atoms. The van der Waals surface area contributed by atoms with Crippen LogP contribution in [0.2, 0.25) is 0 Å². The summed E-state index contributed by atoms with van der Waals surface area (Å²) in [6, 6.07) is 18.7. The van der Waals surface area contributed by atoms with Crippen LogP contribution in [0.3, 0.4) is 0 Å². The average Bonchev–Trinajstić information content (AvgIpc) is 2.72. The predicted octanol–water partition coefficient (Wildman–Crippen LogP) is 4.35. The topological polar surface area (TPSA) is 71.1 Å². The molecular formula is C22H20BrN3O2. The predicted molar refractivity (Wildman–Crippen MR) is 113 cm³/mol. The van der Waals surface area contributed by atoms with Crippen LogP contribution in [0.1, 0.15) is 27.9 Å². The lowest BCUT2D eigenvalue weighted by Crippen LogP contribution is -2.23. The minimum Gasteiger partial charge on any atom is -0.352 e. The van der Waals surface area contributed by atoms with Crippen molar-refractivity contribution in [2.75, 3.05) is 5.32 Å². The Balaban J connectivity index is 1.51. The van der Waals surface area contributed by atoms with Crippen molar-refractivity contribution in [3.8, 4) is 0 Å². The molecule has 142 valence electrons. The molecule has 1 heterocycles. The Bertz CT molecular complexity index is 961. The summed E-state index contributed by atoms with van der Waals surface area (Å²) in [4.78, 5) is 28.3. The maximum absolute atomic E-state index is 12.2. The number of hydrogen-bond acceptors (Lipinski definition) is 3. The second-order valence-electron chi connectivity index (χ2n) is 6.26. The SMILES string of the molecule is O=C(CCc1ccccc1Br)NCc1cccc(NC(=O)c2cccnc2)c1. The van der Waals surface area contributed by atoms with Crippen molar-refractivity contribution in [2.24, 2.45) is 0 Å². The number of aromatic nitrogens is 1. The van der Waals surface area contributed by atoms with Crippen molar-refractivity contribution in [1.29, 1.82) is 0 Å². The highest BCUT2D eigenvalue weighted by molar-refractivity contribution is 9.10. The number of carbonyl (C=O) groups is 2. The molecule has 0 radical (unpaired) electrons. The van der Waals surface area contributed by atoms with Crippen LogP contribution in [0.4, 0.5) is 5.69 Å². The molecule has 6 heteroatoms. The summed E-state index contributed by atoms with van der Waals surface area (Å²) in [5.41, 5.74) is 3.19. The standard InChI is InChI=1S/C22H20BrN3O2/c23-20-9-2-1-6-17(20)10-11-21(27)25-14-16-5-3-8-19(13-16)26-22(28)18-7-4-12-24-15-18/h1-9,12-13,15H,10-11,14H2,(H,25,27)(H,26,28). The number of rotatable bonds is 7. The van der Waals surface area contributed by atoms with Gasteiger partial charge in [-0.1, -0.05) is 46.3 Å². The highest BCUT2D eigenvalue weighted by Gasteiger charge is 2.07. The number of halogens is 1. The minimum atomic E-state index is -0.220. The van der Waals surface area contributed by atoms with Gasteiger partial charge in [-0.2, -0.15) is 0 Å². The van der Waals surface area contributed by atoms with Gasteiger partial charge in [0.25, 0.3) is 5.91 Å². The minimum absolute atomic E-state index is 0.0134. The second-order valence-corrected chi connectivity index (χ2v) is 7.12. The first-order chi connectivity index (χ1) is 13.6. The lowest BCUT2D eigenvalue weighted by molar-refractivity contribution is -0.121. The van der Waals surface area contributed by atoms with E-state index in [0.29, 0.717) is 30.6 Å². The molecule has 0 bridgehead atoms. The second kappa shape index (κ2) is 9.80. The molecular weight excluding hydrogens is 418 g/mol. The van der Waals surface area contributed by atoms with Gasteiger partial charge in [-0.25, -0.2) is 0 Å². The van der Waals surface area contributed by atoms with Crippen molar-refractivity contribution in [3.05, 3.63) is 94.2 Å². The first-order valence-electron chi connectivity index (χ1n) is 8.92. The highest BCUT2D eigenvalue weighted by atomic mass is 79.9.